The van der Waals surface area contributed by atoms with E-state index in [2.05, 4.69) is 45.5 Å². The molecule has 6 nitrogen and oxygen atoms in total. The van der Waals surface area contributed by atoms with Gasteiger partial charge in [0, 0.05) is 29.6 Å². The topological polar surface area (TPSA) is 83.5 Å². The maximum absolute atomic E-state index is 11.9. The third kappa shape index (κ3) is 3.85. The van der Waals surface area contributed by atoms with Crippen molar-refractivity contribution < 1.29 is 0 Å². The number of aromatic nitrogens is 4. The van der Waals surface area contributed by atoms with Gasteiger partial charge in [-0.25, -0.2) is 9.78 Å². The number of imidazole rings is 1. The van der Waals surface area contributed by atoms with E-state index in [0.717, 1.165) is 24.1 Å². The first-order valence-electron chi connectivity index (χ1n) is 9.01. The molecule has 1 atom stereocenters. The highest BCUT2D eigenvalue weighted by atomic mass is 16.2. The molecule has 6 heteroatoms. The molecule has 0 spiro atoms. The summed E-state index contributed by atoms with van der Waals surface area (Å²) < 4.78 is 2.13. The Balaban J connectivity index is 1.92. The molecule has 3 aromatic rings. The molecule has 2 N–H and O–H groups in total. The molecule has 0 radical (unpaired) electrons. The lowest BCUT2D eigenvalue weighted by atomic mass is 9.97. The van der Waals surface area contributed by atoms with Crippen LogP contribution in [0.2, 0.25) is 0 Å². The molecular weight excluding hydrogens is 328 g/mol. The Bertz CT molecular complexity index is 969. The Morgan fingerprint density at radius 3 is 2.65 bits per heavy atom. The van der Waals surface area contributed by atoms with Gasteiger partial charge in [-0.2, -0.15) is 0 Å². The van der Waals surface area contributed by atoms with Crippen molar-refractivity contribution in [3.63, 3.8) is 0 Å². The minimum Gasteiger partial charge on any atom is -0.333 e. The lowest BCUT2D eigenvalue weighted by molar-refractivity contribution is 0.580. The zero-order chi connectivity index (χ0) is 18.5. The summed E-state index contributed by atoms with van der Waals surface area (Å²) in [5.74, 6) is 0.367. The lowest BCUT2D eigenvalue weighted by Crippen LogP contribution is -2.25. The van der Waals surface area contributed by atoms with Crippen LogP contribution in [0.5, 0.6) is 0 Å². The molecule has 0 aliphatic carbocycles. The van der Waals surface area contributed by atoms with E-state index >= 15 is 0 Å². The van der Waals surface area contributed by atoms with Crippen LogP contribution in [-0.2, 0) is 13.0 Å². The zero-order valence-electron chi connectivity index (χ0n) is 15.2. The Labute approximate surface area is 152 Å². The van der Waals surface area contributed by atoms with E-state index < -0.39 is 5.69 Å². The molecule has 0 amide bonds. The van der Waals surface area contributed by atoms with Gasteiger partial charge in [0.15, 0.2) is 0 Å². The number of rotatable bonds is 7. The molecule has 1 unspecified atom stereocenters. The largest absolute Gasteiger partial charge is 0.333 e. The van der Waals surface area contributed by atoms with Crippen LogP contribution < -0.4 is 11.2 Å². The molecule has 0 saturated carbocycles. The number of nitrogens with one attached hydrogen (secondary N) is 2. The number of aryl methyl sites for hydroxylation is 2. The predicted octanol–water partition coefficient (Wildman–Crippen LogP) is 3.07. The smallest absolute Gasteiger partial charge is 0.325 e. The summed E-state index contributed by atoms with van der Waals surface area (Å²) in [6.07, 6.45) is 6.04. The quantitative estimate of drug-likeness (QED) is 0.685. The minimum atomic E-state index is -0.481. The highest BCUT2D eigenvalue weighted by molar-refractivity contribution is 5.62. The second-order valence-electron chi connectivity index (χ2n) is 6.57. The molecule has 0 fully saturated rings. The van der Waals surface area contributed by atoms with E-state index in [-0.39, 0.29) is 5.56 Å². The number of nitrogens with zero attached hydrogens (tertiary/aromatic N) is 2. The van der Waals surface area contributed by atoms with Crippen molar-refractivity contribution in [1.82, 2.24) is 19.5 Å². The Hall–Kier alpha value is -2.89. The van der Waals surface area contributed by atoms with Crippen LogP contribution in [0.1, 0.15) is 43.9 Å². The summed E-state index contributed by atoms with van der Waals surface area (Å²) in [5, 5.41) is 0. The first-order valence-corrected chi connectivity index (χ1v) is 9.01. The van der Waals surface area contributed by atoms with E-state index in [4.69, 9.17) is 0 Å². The summed E-state index contributed by atoms with van der Waals surface area (Å²) in [5.41, 5.74) is 3.05. The van der Waals surface area contributed by atoms with E-state index in [1.807, 2.05) is 24.5 Å². The van der Waals surface area contributed by atoms with Gasteiger partial charge in [0.2, 0.25) is 0 Å². The number of hydrogen-bond donors (Lipinski definition) is 2. The maximum atomic E-state index is 11.9. The fourth-order valence-electron chi connectivity index (χ4n) is 3.34. The van der Waals surface area contributed by atoms with Crippen molar-refractivity contribution in [3.8, 4) is 11.3 Å². The average molecular weight is 352 g/mol. The zero-order valence-corrected chi connectivity index (χ0v) is 15.2. The fourth-order valence-corrected chi connectivity index (χ4v) is 3.34. The number of aromatic amines is 2. The van der Waals surface area contributed by atoms with E-state index in [0.29, 0.717) is 24.4 Å². The molecule has 0 aliphatic heterocycles. The van der Waals surface area contributed by atoms with Crippen LogP contribution in [0.15, 0.2) is 52.4 Å². The normalized spacial score (nSPS) is 12.2. The first kappa shape index (κ1) is 17.9. The second-order valence-corrected chi connectivity index (χ2v) is 6.57. The molecule has 3 rings (SSSR count). The predicted molar refractivity (Wildman–Crippen MR) is 102 cm³/mol. The third-order valence-electron chi connectivity index (χ3n) is 4.63. The lowest BCUT2D eigenvalue weighted by Gasteiger charge is -2.16. The Kier molecular flexibility index (Phi) is 5.51. The molecule has 0 saturated heterocycles. The van der Waals surface area contributed by atoms with Crippen molar-refractivity contribution in [2.45, 2.75) is 45.6 Å². The molecular formula is C20H24N4O2. The number of H-pyrrole nitrogens is 2. The van der Waals surface area contributed by atoms with E-state index in [1.54, 1.807) is 0 Å². The van der Waals surface area contributed by atoms with Crippen molar-refractivity contribution >= 4 is 0 Å². The summed E-state index contributed by atoms with van der Waals surface area (Å²) in [7, 11) is 0. The summed E-state index contributed by atoms with van der Waals surface area (Å²) in [6.45, 7) is 5.04. The van der Waals surface area contributed by atoms with Gasteiger partial charge in [0.25, 0.3) is 5.56 Å². The molecule has 2 aromatic heterocycles. The third-order valence-corrected chi connectivity index (χ3v) is 4.63. The van der Waals surface area contributed by atoms with Crippen molar-refractivity contribution in [2.75, 3.05) is 0 Å². The number of hydrogen-bond acceptors (Lipinski definition) is 3. The number of benzene rings is 1. The minimum absolute atomic E-state index is 0.333. The summed E-state index contributed by atoms with van der Waals surface area (Å²) in [4.78, 5) is 32.5. The van der Waals surface area contributed by atoms with E-state index in [1.165, 1.54) is 11.9 Å². The molecule has 26 heavy (non-hydrogen) atoms. The maximum Gasteiger partial charge on any atom is 0.325 e. The monoisotopic (exact) mass is 352 g/mol. The standard InChI is InChI=1S/C20H24N4O2/c1-3-7-14(2)18-17(15-8-5-4-6-9-15)22-13-24(18)11-10-16-12-21-20(26)23-19(16)25/h4-6,8-9,12-14H,3,7,10-11H2,1-2H3,(H2,21,23,25,26). The van der Waals surface area contributed by atoms with Crippen molar-refractivity contribution in [2.24, 2.45) is 0 Å². The molecule has 1 aromatic carbocycles. The first-order chi connectivity index (χ1) is 12.6. The highest BCUT2D eigenvalue weighted by Crippen LogP contribution is 2.30. The van der Waals surface area contributed by atoms with Crippen LogP contribution in [-0.4, -0.2) is 19.5 Å². The van der Waals surface area contributed by atoms with Crippen LogP contribution >= 0.6 is 0 Å². The van der Waals surface area contributed by atoms with Gasteiger partial charge in [-0.15, -0.1) is 0 Å². The van der Waals surface area contributed by atoms with Gasteiger partial charge >= 0.3 is 5.69 Å². The van der Waals surface area contributed by atoms with Gasteiger partial charge in [0.1, 0.15) is 0 Å². The van der Waals surface area contributed by atoms with E-state index in [9.17, 15) is 9.59 Å². The molecule has 136 valence electrons. The van der Waals surface area contributed by atoms with Gasteiger partial charge in [-0.05, 0) is 18.8 Å². The molecule has 2 heterocycles. The van der Waals surface area contributed by atoms with Crippen LogP contribution in [0.4, 0.5) is 0 Å². The van der Waals surface area contributed by atoms with Crippen LogP contribution in [0.25, 0.3) is 11.3 Å². The SMILES string of the molecule is CCCC(C)c1c(-c2ccccc2)ncn1CCc1c[nH]c(=O)[nH]c1=O. The Morgan fingerprint density at radius 2 is 1.96 bits per heavy atom. The second kappa shape index (κ2) is 7.99. The fraction of sp³-hybridized carbons (Fsp3) is 0.350. The van der Waals surface area contributed by atoms with Crippen LogP contribution in [0.3, 0.4) is 0 Å². The van der Waals surface area contributed by atoms with Crippen LogP contribution in [0, 0.1) is 0 Å². The Morgan fingerprint density at radius 1 is 1.19 bits per heavy atom. The van der Waals surface area contributed by atoms with Gasteiger partial charge in [-0.1, -0.05) is 50.6 Å². The average Bonchev–Trinajstić information content (AvgIpc) is 3.06. The molecule has 0 aliphatic rings. The van der Waals surface area contributed by atoms with Gasteiger partial charge < -0.3 is 9.55 Å². The highest BCUT2D eigenvalue weighted by Gasteiger charge is 2.18. The summed E-state index contributed by atoms with van der Waals surface area (Å²) in [6, 6.07) is 10.2. The van der Waals surface area contributed by atoms with Crippen molar-refractivity contribution in [3.05, 3.63) is 75.0 Å². The molecule has 0 bridgehead atoms. The summed E-state index contributed by atoms with van der Waals surface area (Å²) >= 11 is 0. The van der Waals surface area contributed by atoms with Gasteiger partial charge in [-0.3, -0.25) is 9.78 Å². The van der Waals surface area contributed by atoms with Gasteiger partial charge in [0.05, 0.1) is 12.0 Å². The van der Waals surface area contributed by atoms with Crippen molar-refractivity contribution in [1.29, 1.82) is 0 Å².